The third kappa shape index (κ3) is 20.1. The van der Waals surface area contributed by atoms with Crippen molar-refractivity contribution in [2.75, 3.05) is 140 Å². The standard InChI is InChI=1S/2C25H33N7O4.C23H27N7O4.C23H29N7O4/c2*1-26-19-13-22(28-18-5-4-12-31(25(18)34)15-6-8-16(35-2)9-7-15)30-32-20(14-27-23(19)32)24(33)29-17-10-11-21(17)36-3;1-24-16-8-19(26-15-4-3-7-29(23(15)32)20-12-10-34-11-13(12)20)28-30-17(9-25-21(16)30)22(31)27-14-5-6-18(14)33-2;1-24-17-12-20(26-16-4-3-9-29(23(16)32)14-7-10-34-11-8-14)28-30-18(13-25-21(17)30)22(31)27-15-5-6-19(15)33-2/h2*4-5,12-17,21,26H,6-11H2,1-3H3,(H,28,30)(H,29,33);3-4,7-9,12-14,18,20,24H,5-6,10-11H2,1-2H3,(H,26,28)(H,27,31);3-4,9,12-15,19,24H,5-8,10-11H2,1-2H3,(H,26,28)(H,27,31)/t2*15?,16?,17-,21-;12-,13+,14-,18-,20?;15-,19-/m1001/s1. The zero-order valence-corrected chi connectivity index (χ0v) is 80.0. The van der Waals surface area contributed by atoms with Gasteiger partial charge in [-0.15, -0.1) is 20.4 Å². The Morgan fingerprint density at radius 2 is 0.586 bits per heavy atom. The Bertz CT molecular complexity index is 6350. The number of carbonyl (C=O) groups is 4. The van der Waals surface area contributed by atoms with Gasteiger partial charge >= 0.3 is 0 Å². The number of nitrogens with zero attached hydrogens (tertiary/aromatic N) is 16. The number of hydrogen-bond acceptors (Lipinski definition) is 32. The Hall–Kier alpha value is -13.8. The number of aromatic nitrogens is 16. The Morgan fingerprint density at radius 1 is 0.321 bits per heavy atom. The van der Waals surface area contributed by atoms with Crippen LogP contribution in [-0.4, -0.2) is 258 Å². The summed E-state index contributed by atoms with van der Waals surface area (Å²) in [6, 6.07) is 21.9. The Balaban J connectivity index is 0.000000124. The van der Waals surface area contributed by atoms with Crippen molar-refractivity contribution < 1.29 is 57.1 Å². The molecule has 11 atom stereocenters. The van der Waals surface area contributed by atoms with Crippen LogP contribution in [0.3, 0.4) is 0 Å². The summed E-state index contributed by atoms with van der Waals surface area (Å²) in [5, 5.41) is 55.4. The third-order valence-electron chi connectivity index (χ3n) is 28.7. The molecule has 0 radical (unpaired) electrons. The molecule has 7 saturated carbocycles. The zero-order valence-electron chi connectivity index (χ0n) is 80.0. The van der Waals surface area contributed by atoms with Crippen LogP contribution in [0.2, 0.25) is 0 Å². The summed E-state index contributed by atoms with van der Waals surface area (Å²) >= 11 is 0. The molecule has 44 nitrogen and oxygen atoms in total. The molecule has 44 heteroatoms. The molecular weight excluding hydrogens is 1800 g/mol. The number of methoxy groups -OCH3 is 6. The highest BCUT2D eigenvalue weighted by atomic mass is 16.5. The van der Waals surface area contributed by atoms with Gasteiger partial charge in [0.25, 0.3) is 45.9 Å². The molecule has 12 N–H and O–H groups in total. The highest BCUT2D eigenvalue weighted by Gasteiger charge is 2.56. The summed E-state index contributed by atoms with van der Waals surface area (Å²) in [5.74, 6) is 1.45. The Labute approximate surface area is 804 Å². The first-order chi connectivity index (χ1) is 68.2. The lowest BCUT2D eigenvalue weighted by Gasteiger charge is -2.35. The summed E-state index contributed by atoms with van der Waals surface area (Å²) in [4.78, 5) is 122. The smallest absolute Gasteiger partial charge is 0.274 e. The van der Waals surface area contributed by atoms with Gasteiger partial charge in [-0.05, 0) is 164 Å². The highest BCUT2D eigenvalue weighted by molar-refractivity contribution is 5.97. The third-order valence-corrected chi connectivity index (χ3v) is 28.7. The molecule has 9 fully saturated rings. The molecule has 2 saturated heterocycles. The van der Waals surface area contributed by atoms with Crippen LogP contribution < -0.4 is 86.0 Å². The van der Waals surface area contributed by atoms with E-state index in [0.29, 0.717) is 152 Å². The predicted molar refractivity (Wildman–Crippen MR) is 524 cm³/mol. The molecule has 14 heterocycles. The first kappa shape index (κ1) is 96.5. The number of pyridine rings is 4. The van der Waals surface area contributed by atoms with Crippen LogP contribution in [-0.2, 0) is 37.9 Å². The monoisotopic (exact) mass is 1920 g/mol. The van der Waals surface area contributed by atoms with Crippen LogP contribution in [0.1, 0.15) is 182 Å². The van der Waals surface area contributed by atoms with E-state index in [1.54, 1.807) is 138 Å². The van der Waals surface area contributed by atoms with Gasteiger partial charge in [-0.1, -0.05) is 0 Å². The Kier molecular flexibility index (Phi) is 29.6. The van der Waals surface area contributed by atoms with Crippen molar-refractivity contribution in [1.82, 2.24) is 97.9 Å². The lowest BCUT2D eigenvalue weighted by Crippen LogP contribution is -2.51. The lowest BCUT2D eigenvalue weighted by atomic mass is 9.89. The molecule has 1 unspecified atom stereocenters. The van der Waals surface area contributed by atoms with Gasteiger partial charge in [-0.25, -0.2) is 38.0 Å². The summed E-state index contributed by atoms with van der Waals surface area (Å²) in [6.45, 7) is 2.72. The summed E-state index contributed by atoms with van der Waals surface area (Å²) < 4.78 is 56.5. The molecule has 0 bridgehead atoms. The fourth-order valence-corrected chi connectivity index (χ4v) is 19.9. The summed E-state index contributed by atoms with van der Waals surface area (Å²) in [5.41, 5.74) is 7.27. The quantitative estimate of drug-likeness (QED) is 0.0200. The minimum absolute atomic E-state index is 0.0241. The van der Waals surface area contributed by atoms with Crippen LogP contribution in [0.25, 0.3) is 22.6 Å². The van der Waals surface area contributed by atoms with E-state index in [-0.39, 0.29) is 131 Å². The van der Waals surface area contributed by atoms with Crippen LogP contribution >= 0.6 is 0 Å². The van der Waals surface area contributed by atoms with Gasteiger partial charge in [0.15, 0.2) is 68.6 Å². The van der Waals surface area contributed by atoms with Gasteiger partial charge in [0.05, 0.1) is 122 Å². The predicted octanol–water partition coefficient (Wildman–Crippen LogP) is 8.76. The molecule has 0 aromatic carbocycles. The van der Waals surface area contributed by atoms with E-state index < -0.39 is 0 Å². The van der Waals surface area contributed by atoms with E-state index >= 15 is 0 Å². The van der Waals surface area contributed by atoms with E-state index in [2.05, 4.69) is 104 Å². The number of fused-ring (bicyclic) bond motifs is 5. The minimum Gasteiger partial charge on any atom is -0.385 e. The number of hydrogen-bond donors (Lipinski definition) is 12. The maximum Gasteiger partial charge on any atom is 0.274 e. The van der Waals surface area contributed by atoms with Crippen LogP contribution in [0.5, 0.6) is 0 Å². The molecule has 2 aliphatic heterocycles. The SMILES string of the molecule is CNc1cc(Nc2cccn(C3CCC(OC)CC3)c2=O)nn2c(C(=O)N[C@@H]3CC[C@H]3OC)cnc12.CNc1cc(Nc2cccn(C3CCC(OC)CC3)c2=O)nn2c(C(=O)N[C@H]3CC[C@@H]3OC)cnc12.CNc1cc(Nc2cccn(C3CCOCC3)c2=O)nn2c(C(=O)N[C@@H]3CC[C@H]3OC)cnc12.CNc1cc(Nc2cccn(C3[C@H]4COC[C@@H]34)c2=O)nn2c(C(=O)N[C@H]3CC[C@@H]3OC)cnc12. The van der Waals surface area contributed by atoms with Gasteiger partial charge in [0.2, 0.25) is 0 Å². The zero-order chi connectivity index (χ0) is 97.5. The van der Waals surface area contributed by atoms with Gasteiger partial charge in [0, 0.05) is 169 Å². The van der Waals surface area contributed by atoms with Gasteiger partial charge in [0.1, 0.15) is 22.7 Å². The number of ether oxygens (including phenoxy) is 8. The van der Waals surface area contributed by atoms with Crippen molar-refractivity contribution >= 4 is 115 Å². The lowest BCUT2D eigenvalue weighted by molar-refractivity contribution is 0.00717. The normalized spacial score (nSPS) is 23.8. The second-order valence-corrected chi connectivity index (χ2v) is 36.6. The molecule has 12 aromatic rings. The van der Waals surface area contributed by atoms with Crippen molar-refractivity contribution in [3.05, 3.63) is 187 Å². The van der Waals surface area contributed by atoms with Crippen molar-refractivity contribution in [1.29, 1.82) is 0 Å². The van der Waals surface area contributed by atoms with Crippen molar-refractivity contribution in [3.63, 3.8) is 0 Å². The first-order valence-corrected chi connectivity index (χ1v) is 48.0. The number of nitrogens with one attached hydrogen (secondary N) is 12. The second kappa shape index (κ2) is 42.9. The summed E-state index contributed by atoms with van der Waals surface area (Å²) in [6.07, 6.45) is 30.1. The Morgan fingerprint density at radius 3 is 0.836 bits per heavy atom. The van der Waals surface area contributed by atoms with Gasteiger partial charge in [-0.2, -0.15) is 0 Å². The largest absolute Gasteiger partial charge is 0.385 e. The number of anilines is 12. The maximum absolute atomic E-state index is 13.3. The average Bonchev–Trinajstić information content (AvgIpc) is 1.57. The van der Waals surface area contributed by atoms with Gasteiger partial charge in [-0.3, -0.25) is 38.4 Å². The number of imidazole rings is 4. The van der Waals surface area contributed by atoms with E-state index in [1.807, 2.05) is 49.1 Å². The molecule has 4 amide bonds. The second-order valence-electron chi connectivity index (χ2n) is 36.6. The van der Waals surface area contributed by atoms with Crippen molar-refractivity contribution in [2.24, 2.45) is 11.8 Å². The highest BCUT2D eigenvalue weighted by Crippen LogP contribution is 2.54. The fraction of sp³-hybridized carbons (Fsp3) is 0.500. The summed E-state index contributed by atoms with van der Waals surface area (Å²) in [7, 11) is 17.2. The molecular formula is C96H122N28O16. The van der Waals surface area contributed by atoms with E-state index in [4.69, 9.17) is 37.9 Å². The van der Waals surface area contributed by atoms with E-state index in [1.165, 1.54) is 42.8 Å². The molecule has 0 spiro atoms. The topological polar surface area (TPSA) is 495 Å². The van der Waals surface area contributed by atoms with Crippen LogP contribution in [0.4, 0.5) is 68.8 Å². The van der Waals surface area contributed by atoms with Gasteiger partial charge < -0.3 is 120 Å². The van der Waals surface area contributed by atoms with Crippen LogP contribution in [0.15, 0.2) is 142 Å². The maximum atomic E-state index is 13.3. The fourth-order valence-electron chi connectivity index (χ4n) is 19.9. The average molecular weight is 1920 g/mol. The van der Waals surface area contributed by atoms with E-state index in [9.17, 15) is 38.4 Å². The number of carbonyl (C=O) groups excluding carboxylic acids is 4. The van der Waals surface area contributed by atoms with Crippen LogP contribution in [0, 0.1) is 11.8 Å². The van der Waals surface area contributed by atoms with Crippen molar-refractivity contribution in [2.45, 2.75) is 201 Å². The molecule has 7 aliphatic carbocycles. The molecule has 140 heavy (non-hydrogen) atoms. The first-order valence-electron chi connectivity index (χ1n) is 48.0. The molecule has 12 aromatic heterocycles. The number of amides is 4. The minimum atomic E-state index is -0.271. The van der Waals surface area contributed by atoms with Crippen molar-refractivity contribution in [3.8, 4) is 0 Å². The number of rotatable bonds is 30. The molecule has 9 aliphatic rings. The van der Waals surface area contributed by atoms with E-state index in [0.717, 1.165) is 116 Å². The molecule has 742 valence electrons. The molecule has 21 rings (SSSR count).